The molecule has 0 aliphatic heterocycles. The molecule has 8 heteroatoms. The number of para-hydroxylation sites is 1. The molecule has 0 amide bonds. The Balaban J connectivity index is 2.51. The number of aryl methyl sites for hydroxylation is 1. The van der Waals surface area contributed by atoms with Gasteiger partial charge in [-0.3, -0.25) is 20.2 Å². The van der Waals surface area contributed by atoms with Crippen LogP contribution in [0, 0.1) is 33.0 Å². The lowest BCUT2D eigenvalue weighted by molar-refractivity contribution is -0.389. The van der Waals surface area contributed by atoms with Crippen LogP contribution >= 0.6 is 0 Å². The van der Waals surface area contributed by atoms with Crippen molar-refractivity contribution in [3.05, 3.63) is 68.0 Å². The number of ether oxygens (including phenoxy) is 1. The van der Waals surface area contributed by atoms with E-state index >= 15 is 0 Å². The summed E-state index contributed by atoms with van der Waals surface area (Å²) in [7, 11) is 0. The molecule has 0 atom stereocenters. The molecule has 0 aliphatic rings. The molecule has 0 aromatic heterocycles. The van der Waals surface area contributed by atoms with Crippen molar-refractivity contribution in [1.29, 1.82) is 0 Å². The minimum absolute atomic E-state index is 0.195. The summed E-state index contributed by atoms with van der Waals surface area (Å²) >= 11 is 0. The summed E-state index contributed by atoms with van der Waals surface area (Å²) in [6.07, 6.45) is 0. The van der Waals surface area contributed by atoms with E-state index in [4.69, 9.17) is 4.74 Å². The minimum atomic E-state index is -1.08. The molecule has 2 aromatic rings. The fraction of sp³-hybridized carbons (Fsp3) is 0.0769. The van der Waals surface area contributed by atoms with Gasteiger partial charge in [0.2, 0.25) is 17.3 Å². The van der Waals surface area contributed by atoms with Crippen LogP contribution in [0.25, 0.3) is 0 Å². The molecule has 7 nitrogen and oxygen atoms in total. The highest BCUT2D eigenvalue weighted by Gasteiger charge is 2.24. The van der Waals surface area contributed by atoms with Gasteiger partial charge in [0.05, 0.1) is 9.85 Å². The number of nitrogens with zero attached hydrogens (tertiary/aromatic N) is 2. The molecular weight excluding hydrogens is 283 g/mol. The first-order chi connectivity index (χ1) is 9.90. The smallest absolute Gasteiger partial charge is 0.346 e. The molecular formula is C13H9FN2O5. The Morgan fingerprint density at radius 1 is 1.05 bits per heavy atom. The Morgan fingerprint density at radius 3 is 2.38 bits per heavy atom. The molecule has 0 unspecified atom stereocenters. The lowest BCUT2D eigenvalue weighted by Gasteiger charge is -2.07. The summed E-state index contributed by atoms with van der Waals surface area (Å²) in [6, 6.07) is 7.42. The molecule has 0 heterocycles. The second kappa shape index (κ2) is 5.53. The van der Waals surface area contributed by atoms with Gasteiger partial charge in [0, 0.05) is 6.07 Å². The Labute approximate surface area is 117 Å². The van der Waals surface area contributed by atoms with Crippen LogP contribution in [-0.2, 0) is 0 Å². The lowest BCUT2D eigenvalue weighted by atomic mass is 10.2. The van der Waals surface area contributed by atoms with Gasteiger partial charge < -0.3 is 4.74 Å². The molecule has 2 rings (SSSR count). The second-order valence-electron chi connectivity index (χ2n) is 4.17. The second-order valence-corrected chi connectivity index (χ2v) is 4.17. The van der Waals surface area contributed by atoms with Gasteiger partial charge >= 0.3 is 11.4 Å². The van der Waals surface area contributed by atoms with Gasteiger partial charge in [0.15, 0.2) is 0 Å². The van der Waals surface area contributed by atoms with Crippen LogP contribution in [0.4, 0.5) is 15.8 Å². The molecule has 21 heavy (non-hydrogen) atoms. The van der Waals surface area contributed by atoms with Gasteiger partial charge in [-0.2, -0.15) is 4.39 Å². The van der Waals surface area contributed by atoms with Crippen LogP contribution in [0.2, 0.25) is 0 Å². The van der Waals surface area contributed by atoms with Gasteiger partial charge in [-0.15, -0.1) is 0 Å². The number of hydrogen-bond donors (Lipinski definition) is 0. The molecule has 0 N–H and O–H groups in total. The van der Waals surface area contributed by atoms with Gasteiger partial charge in [0.1, 0.15) is 0 Å². The quantitative estimate of drug-likeness (QED) is 0.631. The predicted molar refractivity (Wildman–Crippen MR) is 71.0 cm³/mol. The van der Waals surface area contributed by atoms with Crippen LogP contribution in [0.15, 0.2) is 36.4 Å². The third kappa shape index (κ3) is 2.94. The van der Waals surface area contributed by atoms with Crippen molar-refractivity contribution in [2.75, 3.05) is 0 Å². The Kier molecular flexibility index (Phi) is 3.79. The SMILES string of the molecule is Cc1ccc(Oc2cccc(F)c2[N+](=O)[O-])c([N+](=O)[O-])c1. The molecule has 0 bridgehead atoms. The van der Waals surface area contributed by atoms with Gasteiger partial charge in [-0.1, -0.05) is 12.1 Å². The Hall–Kier alpha value is -3.03. The van der Waals surface area contributed by atoms with Crippen LogP contribution in [0.1, 0.15) is 5.56 Å². The highest BCUT2D eigenvalue weighted by atomic mass is 19.1. The number of rotatable bonds is 4. The van der Waals surface area contributed by atoms with Crippen molar-refractivity contribution < 1.29 is 19.0 Å². The van der Waals surface area contributed by atoms with Crippen LogP contribution in [0.5, 0.6) is 11.5 Å². The molecule has 0 radical (unpaired) electrons. The monoisotopic (exact) mass is 292 g/mol. The summed E-state index contributed by atoms with van der Waals surface area (Å²) in [5.74, 6) is -1.67. The average Bonchev–Trinajstić information content (AvgIpc) is 2.40. The highest BCUT2D eigenvalue weighted by molar-refractivity contribution is 5.54. The van der Waals surface area contributed by atoms with Crippen molar-refractivity contribution in [2.24, 2.45) is 0 Å². The lowest BCUT2D eigenvalue weighted by Crippen LogP contribution is -1.98. The Bertz CT molecular complexity index is 732. The first-order valence-corrected chi connectivity index (χ1v) is 5.76. The fourth-order valence-electron chi connectivity index (χ4n) is 1.73. The maximum atomic E-state index is 13.5. The maximum absolute atomic E-state index is 13.5. The normalized spacial score (nSPS) is 10.2. The molecule has 0 saturated heterocycles. The fourth-order valence-corrected chi connectivity index (χ4v) is 1.73. The molecule has 2 aromatic carbocycles. The van der Waals surface area contributed by atoms with E-state index in [1.165, 1.54) is 24.3 Å². The zero-order valence-electron chi connectivity index (χ0n) is 10.8. The van der Waals surface area contributed by atoms with E-state index in [0.717, 1.165) is 6.07 Å². The molecule has 0 aliphatic carbocycles. The predicted octanol–water partition coefficient (Wildman–Crippen LogP) is 3.74. The van der Waals surface area contributed by atoms with Gasteiger partial charge in [-0.05, 0) is 30.7 Å². The topological polar surface area (TPSA) is 95.5 Å². The summed E-state index contributed by atoms with van der Waals surface area (Å²) in [4.78, 5) is 20.2. The van der Waals surface area contributed by atoms with Crippen molar-refractivity contribution in [3.63, 3.8) is 0 Å². The van der Waals surface area contributed by atoms with Gasteiger partial charge in [-0.25, -0.2) is 0 Å². The Morgan fingerprint density at radius 2 is 1.76 bits per heavy atom. The van der Waals surface area contributed by atoms with E-state index < -0.39 is 27.1 Å². The van der Waals surface area contributed by atoms with Crippen molar-refractivity contribution in [1.82, 2.24) is 0 Å². The van der Waals surface area contributed by atoms with E-state index in [1.54, 1.807) is 13.0 Å². The zero-order chi connectivity index (χ0) is 15.6. The largest absolute Gasteiger partial charge is 0.443 e. The third-order valence-electron chi connectivity index (χ3n) is 2.66. The van der Waals surface area contributed by atoms with Crippen LogP contribution < -0.4 is 4.74 Å². The van der Waals surface area contributed by atoms with Crippen molar-refractivity contribution in [2.45, 2.75) is 6.92 Å². The number of halogens is 1. The standard InChI is InChI=1S/C13H9FN2O5/c1-8-5-6-11(10(7-8)15(17)18)21-12-4-2-3-9(14)13(12)16(19)20/h2-7H,1H3. The summed E-state index contributed by atoms with van der Waals surface area (Å²) in [5.41, 5.74) is -0.594. The maximum Gasteiger partial charge on any atom is 0.346 e. The van der Waals surface area contributed by atoms with E-state index in [2.05, 4.69) is 0 Å². The van der Waals surface area contributed by atoms with Crippen molar-refractivity contribution >= 4 is 11.4 Å². The summed E-state index contributed by atoms with van der Waals surface area (Å²) < 4.78 is 18.6. The number of nitro groups is 2. The molecule has 108 valence electrons. The average molecular weight is 292 g/mol. The first kappa shape index (κ1) is 14.4. The van der Waals surface area contributed by atoms with Gasteiger partial charge in [0.25, 0.3) is 0 Å². The summed E-state index contributed by atoms with van der Waals surface area (Å²) in [5, 5.41) is 21.8. The number of nitro benzene ring substituents is 2. The summed E-state index contributed by atoms with van der Waals surface area (Å²) in [6.45, 7) is 1.65. The molecule has 0 fully saturated rings. The van der Waals surface area contributed by atoms with E-state index in [9.17, 15) is 24.6 Å². The van der Waals surface area contributed by atoms with E-state index in [0.29, 0.717) is 5.56 Å². The number of benzene rings is 2. The number of hydrogen-bond acceptors (Lipinski definition) is 5. The third-order valence-corrected chi connectivity index (χ3v) is 2.66. The molecule has 0 saturated carbocycles. The minimum Gasteiger partial charge on any atom is -0.443 e. The highest BCUT2D eigenvalue weighted by Crippen LogP contribution is 2.37. The molecule has 0 spiro atoms. The van der Waals surface area contributed by atoms with E-state index in [-0.39, 0.29) is 11.4 Å². The van der Waals surface area contributed by atoms with Crippen LogP contribution in [0.3, 0.4) is 0 Å². The zero-order valence-corrected chi connectivity index (χ0v) is 10.8. The first-order valence-electron chi connectivity index (χ1n) is 5.76. The van der Waals surface area contributed by atoms with Crippen LogP contribution in [-0.4, -0.2) is 9.85 Å². The van der Waals surface area contributed by atoms with E-state index in [1.807, 2.05) is 0 Å². The van der Waals surface area contributed by atoms with Crippen molar-refractivity contribution in [3.8, 4) is 11.5 Å².